The van der Waals surface area contributed by atoms with E-state index in [9.17, 15) is 4.39 Å². The summed E-state index contributed by atoms with van der Waals surface area (Å²) in [7, 11) is 1.86. The highest BCUT2D eigenvalue weighted by atomic mass is 32.2. The van der Waals surface area contributed by atoms with Crippen LogP contribution in [0.25, 0.3) is 11.4 Å². The van der Waals surface area contributed by atoms with Crippen LogP contribution in [0.15, 0.2) is 40.8 Å². The van der Waals surface area contributed by atoms with Crippen LogP contribution in [0.2, 0.25) is 0 Å². The first-order valence-corrected chi connectivity index (χ1v) is 8.05. The third kappa shape index (κ3) is 3.10. The second kappa shape index (κ2) is 6.45. The smallest absolute Gasteiger partial charge is 0.197 e. The van der Waals surface area contributed by atoms with Gasteiger partial charge in [-0.3, -0.25) is 0 Å². The molecule has 0 bridgehead atoms. The fourth-order valence-corrected chi connectivity index (χ4v) is 3.02. The normalized spacial score (nSPS) is 11.0. The number of halogens is 1. The molecule has 0 radical (unpaired) electrons. The summed E-state index contributed by atoms with van der Waals surface area (Å²) < 4.78 is 16.1. The lowest BCUT2D eigenvalue weighted by atomic mass is 10.1. The number of hydrogen-bond donors (Lipinski definition) is 0. The number of rotatable bonds is 4. The predicted molar refractivity (Wildman–Crippen MR) is 86.7 cm³/mol. The van der Waals surface area contributed by atoms with Crippen LogP contribution in [-0.2, 0) is 13.5 Å². The van der Waals surface area contributed by atoms with Gasteiger partial charge in [-0.1, -0.05) is 30.7 Å². The molecule has 118 valence electrons. The zero-order chi connectivity index (χ0) is 16.4. The van der Waals surface area contributed by atoms with Crippen LogP contribution in [0.4, 0.5) is 4.39 Å². The second-order valence-electron chi connectivity index (χ2n) is 5.13. The number of aryl methyl sites for hydroxylation is 2. The largest absolute Gasteiger partial charge is 0.305 e. The molecule has 0 unspecified atom stereocenters. The van der Waals surface area contributed by atoms with Crippen LogP contribution in [-0.4, -0.2) is 24.7 Å². The van der Waals surface area contributed by atoms with Gasteiger partial charge in [0.2, 0.25) is 0 Å². The van der Waals surface area contributed by atoms with Gasteiger partial charge in [-0.25, -0.2) is 14.4 Å². The molecule has 23 heavy (non-hydrogen) atoms. The van der Waals surface area contributed by atoms with Crippen LogP contribution in [0.5, 0.6) is 0 Å². The molecular formula is C16H16FN5S. The Morgan fingerprint density at radius 2 is 2.04 bits per heavy atom. The van der Waals surface area contributed by atoms with Gasteiger partial charge in [0.05, 0.1) is 5.69 Å². The Bertz CT molecular complexity index is 846. The highest BCUT2D eigenvalue weighted by Crippen LogP contribution is 2.29. The molecule has 5 nitrogen and oxygen atoms in total. The molecule has 3 rings (SSSR count). The summed E-state index contributed by atoms with van der Waals surface area (Å²) >= 11 is 1.15. The number of aromatic nitrogens is 5. The molecular weight excluding hydrogens is 313 g/mol. The van der Waals surface area contributed by atoms with E-state index in [1.807, 2.05) is 49.7 Å². The summed E-state index contributed by atoms with van der Waals surface area (Å²) in [5, 5.41) is 9.24. The van der Waals surface area contributed by atoms with Gasteiger partial charge in [-0.05, 0) is 31.2 Å². The van der Waals surface area contributed by atoms with Gasteiger partial charge in [0.25, 0.3) is 0 Å². The molecule has 2 aromatic heterocycles. The minimum atomic E-state index is -0.389. The van der Waals surface area contributed by atoms with E-state index in [0.717, 1.165) is 28.7 Å². The second-order valence-corrected chi connectivity index (χ2v) is 6.09. The van der Waals surface area contributed by atoms with Crippen molar-refractivity contribution in [2.75, 3.05) is 0 Å². The highest BCUT2D eigenvalue weighted by molar-refractivity contribution is 7.99. The molecule has 0 N–H and O–H groups in total. The summed E-state index contributed by atoms with van der Waals surface area (Å²) in [4.78, 5) is 7.96. The number of benzene rings is 1. The minimum absolute atomic E-state index is 0.267. The van der Waals surface area contributed by atoms with Crippen molar-refractivity contribution in [2.24, 2.45) is 7.05 Å². The van der Waals surface area contributed by atoms with Crippen molar-refractivity contribution in [3.8, 4) is 11.4 Å². The molecule has 0 saturated carbocycles. The lowest BCUT2D eigenvalue weighted by molar-refractivity contribution is 0.558. The first-order chi connectivity index (χ1) is 11.1. The lowest BCUT2D eigenvalue weighted by Crippen LogP contribution is -2.00. The quantitative estimate of drug-likeness (QED) is 0.686. The summed E-state index contributed by atoms with van der Waals surface area (Å²) in [6.07, 6.45) is 1.90. The maximum absolute atomic E-state index is 14.3. The standard InChI is InChI=1S/C16H16FN5S/c1-4-12-13(17)15(19-9-18-12)23-16-21-20-14(22(16)3)11-7-5-6-10(2)8-11/h5-9H,4H2,1-3H3. The van der Waals surface area contributed by atoms with Gasteiger partial charge in [0.1, 0.15) is 11.4 Å². The Morgan fingerprint density at radius 1 is 1.22 bits per heavy atom. The van der Waals surface area contributed by atoms with Crippen LogP contribution >= 0.6 is 11.8 Å². The average molecular weight is 329 g/mol. The summed E-state index contributed by atoms with van der Waals surface area (Å²) in [6, 6.07) is 8.02. The molecule has 0 atom stereocenters. The third-order valence-electron chi connectivity index (χ3n) is 3.46. The highest BCUT2D eigenvalue weighted by Gasteiger charge is 2.16. The molecule has 0 amide bonds. The summed E-state index contributed by atoms with van der Waals surface area (Å²) in [5.41, 5.74) is 2.53. The van der Waals surface area contributed by atoms with Crippen molar-refractivity contribution >= 4 is 11.8 Å². The van der Waals surface area contributed by atoms with E-state index in [2.05, 4.69) is 20.2 Å². The molecule has 0 fully saturated rings. The Morgan fingerprint density at radius 3 is 2.78 bits per heavy atom. The minimum Gasteiger partial charge on any atom is -0.305 e. The molecule has 0 saturated heterocycles. The molecule has 0 aliphatic heterocycles. The zero-order valence-electron chi connectivity index (χ0n) is 13.1. The van der Waals surface area contributed by atoms with E-state index >= 15 is 0 Å². The molecule has 1 aromatic carbocycles. The van der Waals surface area contributed by atoms with Crippen molar-refractivity contribution in [1.29, 1.82) is 0 Å². The van der Waals surface area contributed by atoms with Crippen LogP contribution in [0.3, 0.4) is 0 Å². The van der Waals surface area contributed by atoms with Crippen molar-refractivity contribution in [3.05, 3.63) is 47.7 Å². The van der Waals surface area contributed by atoms with Crippen molar-refractivity contribution < 1.29 is 4.39 Å². The van der Waals surface area contributed by atoms with Crippen molar-refractivity contribution in [3.63, 3.8) is 0 Å². The van der Waals surface area contributed by atoms with E-state index in [1.54, 1.807) is 0 Å². The average Bonchev–Trinajstić information content (AvgIpc) is 2.90. The Balaban J connectivity index is 1.94. The van der Waals surface area contributed by atoms with E-state index in [1.165, 1.54) is 6.33 Å². The Kier molecular flexibility index (Phi) is 4.38. The van der Waals surface area contributed by atoms with Gasteiger partial charge in [0.15, 0.2) is 16.8 Å². The lowest BCUT2D eigenvalue weighted by Gasteiger charge is -2.06. The van der Waals surface area contributed by atoms with Crippen LogP contribution in [0.1, 0.15) is 18.2 Å². The van der Waals surface area contributed by atoms with Crippen molar-refractivity contribution in [1.82, 2.24) is 24.7 Å². The number of hydrogen-bond acceptors (Lipinski definition) is 5. The Hall–Kier alpha value is -2.28. The molecule has 0 spiro atoms. The van der Waals surface area contributed by atoms with Gasteiger partial charge in [-0.2, -0.15) is 0 Å². The van der Waals surface area contributed by atoms with E-state index < -0.39 is 0 Å². The van der Waals surface area contributed by atoms with E-state index in [4.69, 9.17) is 0 Å². The summed E-state index contributed by atoms with van der Waals surface area (Å²) in [5.74, 6) is 0.349. The van der Waals surface area contributed by atoms with Gasteiger partial charge >= 0.3 is 0 Å². The van der Waals surface area contributed by atoms with Crippen molar-refractivity contribution in [2.45, 2.75) is 30.5 Å². The molecule has 3 aromatic rings. The first-order valence-electron chi connectivity index (χ1n) is 7.23. The topological polar surface area (TPSA) is 56.5 Å². The van der Waals surface area contributed by atoms with Gasteiger partial charge in [0, 0.05) is 12.6 Å². The monoisotopic (exact) mass is 329 g/mol. The molecule has 2 heterocycles. The molecule has 0 aliphatic rings. The maximum atomic E-state index is 14.3. The van der Waals surface area contributed by atoms with E-state index in [0.29, 0.717) is 17.3 Å². The molecule has 0 aliphatic carbocycles. The SMILES string of the molecule is CCc1ncnc(Sc2nnc(-c3cccc(C)c3)n2C)c1F. The maximum Gasteiger partial charge on any atom is 0.197 e. The fraction of sp³-hybridized carbons (Fsp3) is 0.250. The Labute approximate surface area is 138 Å². The summed E-state index contributed by atoms with van der Waals surface area (Å²) in [6.45, 7) is 3.89. The molecule has 7 heteroatoms. The number of nitrogens with zero attached hydrogens (tertiary/aromatic N) is 5. The first kappa shape index (κ1) is 15.6. The van der Waals surface area contributed by atoms with Gasteiger partial charge < -0.3 is 4.57 Å². The van der Waals surface area contributed by atoms with Gasteiger partial charge in [-0.15, -0.1) is 10.2 Å². The predicted octanol–water partition coefficient (Wildman–Crippen LogP) is 3.43. The fourth-order valence-electron chi connectivity index (χ4n) is 2.23. The van der Waals surface area contributed by atoms with Crippen LogP contribution < -0.4 is 0 Å². The zero-order valence-corrected chi connectivity index (χ0v) is 13.9. The third-order valence-corrected chi connectivity index (χ3v) is 4.48. The van der Waals surface area contributed by atoms with E-state index in [-0.39, 0.29) is 10.8 Å². The van der Waals surface area contributed by atoms with Crippen LogP contribution in [0, 0.1) is 12.7 Å².